The van der Waals surface area contributed by atoms with Gasteiger partial charge in [-0.3, -0.25) is 4.68 Å². The summed E-state index contributed by atoms with van der Waals surface area (Å²) in [5.74, 6) is -0.370. The summed E-state index contributed by atoms with van der Waals surface area (Å²) >= 11 is 0. The second kappa shape index (κ2) is 8.52. The quantitative estimate of drug-likeness (QED) is 0.531. The Bertz CT molecular complexity index is 1200. The Hall–Kier alpha value is -3.24. The zero-order valence-corrected chi connectivity index (χ0v) is 19.0. The van der Waals surface area contributed by atoms with Crippen molar-refractivity contribution in [3.8, 4) is 11.4 Å². The molecule has 1 fully saturated rings. The number of alkyl halides is 3. The van der Waals surface area contributed by atoms with Crippen molar-refractivity contribution in [1.82, 2.24) is 25.0 Å². The maximum absolute atomic E-state index is 13.5. The molecule has 0 amide bonds. The van der Waals surface area contributed by atoms with E-state index >= 15 is 0 Å². The van der Waals surface area contributed by atoms with E-state index in [0.717, 1.165) is 42.7 Å². The second-order valence-electron chi connectivity index (χ2n) is 8.87. The summed E-state index contributed by atoms with van der Waals surface area (Å²) in [5, 5.41) is 13.4. The van der Waals surface area contributed by atoms with Gasteiger partial charge in [0.2, 0.25) is 0 Å². The van der Waals surface area contributed by atoms with Gasteiger partial charge in [-0.05, 0) is 49.8 Å². The van der Waals surface area contributed by atoms with Crippen LogP contribution in [0.4, 0.5) is 29.2 Å². The van der Waals surface area contributed by atoms with Crippen molar-refractivity contribution in [2.75, 3.05) is 29.9 Å². The molecule has 0 unspecified atom stereocenters. The molecule has 180 valence electrons. The van der Waals surface area contributed by atoms with Crippen molar-refractivity contribution in [2.24, 2.45) is 7.05 Å². The highest BCUT2D eigenvalue weighted by Gasteiger charge is 2.38. The zero-order chi connectivity index (χ0) is 24.0. The molecule has 0 radical (unpaired) electrons. The number of piperidine rings is 1. The number of anilines is 2. The summed E-state index contributed by atoms with van der Waals surface area (Å²) in [6.07, 6.45) is 2.07. The third-order valence-electron chi connectivity index (χ3n) is 6.87. The summed E-state index contributed by atoms with van der Waals surface area (Å²) in [6, 6.07) is 2.30. The van der Waals surface area contributed by atoms with Crippen molar-refractivity contribution in [3.05, 3.63) is 47.0 Å². The van der Waals surface area contributed by atoms with Gasteiger partial charge in [0.25, 0.3) is 0 Å². The molecule has 7 nitrogen and oxygen atoms in total. The Labute approximate surface area is 194 Å². The lowest BCUT2D eigenvalue weighted by Crippen LogP contribution is -2.45. The van der Waals surface area contributed by atoms with Crippen LogP contribution in [0.2, 0.25) is 0 Å². The Morgan fingerprint density at radius 2 is 1.82 bits per heavy atom. The van der Waals surface area contributed by atoms with Crippen LogP contribution in [0.5, 0.6) is 0 Å². The lowest BCUT2D eigenvalue weighted by Gasteiger charge is -2.38. The maximum Gasteiger partial charge on any atom is 0.420 e. The number of hydrogen-bond acceptors (Lipinski definition) is 6. The molecule has 1 aliphatic carbocycles. The Balaban J connectivity index is 1.35. The molecule has 4 heterocycles. The molecule has 0 bridgehead atoms. The topological polar surface area (TPSA) is 63.0 Å². The van der Waals surface area contributed by atoms with Crippen LogP contribution in [0, 0.1) is 5.82 Å². The fourth-order valence-electron chi connectivity index (χ4n) is 5.10. The average Bonchev–Trinajstić information content (AvgIpc) is 3.47. The van der Waals surface area contributed by atoms with E-state index in [-0.39, 0.29) is 11.9 Å². The largest absolute Gasteiger partial charge is 0.420 e. The van der Waals surface area contributed by atoms with Gasteiger partial charge in [-0.25, -0.2) is 9.37 Å². The Morgan fingerprint density at radius 1 is 1.09 bits per heavy atom. The molecule has 0 atom stereocenters. The average molecular weight is 475 g/mol. The normalized spacial score (nSPS) is 16.7. The predicted molar refractivity (Wildman–Crippen MR) is 119 cm³/mol. The van der Waals surface area contributed by atoms with Crippen LogP contribution in [-0.2, 0) is 26.1 Å². The van der Waals surface area contributed by atoms with E-state index in [0.29, 0.717) is 32.0 Å². The summed E-state index contributed by atoms with van der Waals surface area (Å²) in [7, 11) is 3.48. The molecule has 34 heavy (non-hydrogen) atoms. The van der Waals surface area contributed by atoms with Crippen molar-refractivity contribution in [1.29, 1.82) is 0 Å². The van der Waals surface area contributed by atoms with Gasteiger partial charge in [-0.1, -0.05) is 0 Å². The second-order valence-corrected chi connectivity index (χ2v) is 8.87. The van der Waals surface area contributed by atoms with Crippen molar-refractivity contribution < 1.29 is 17.6 Å². The fraction of sp³-hybridized carbons (Fsp3) is 0.478. The molecule has 1 aliphatic heterocycles. The molecule has 3 aromatic heterocycles. The van der Waals surface area contributed by atoms with Gasteiger partial charge in [-0.15, -0.1) is 10.2 Å². The van der Waals surface area contributed by atoms with Crippen molar-refractivity contribution in [2.45, 2.75) is 44.3 Å². The highest BCUT2D eigenvalue weighted by molar-refractivity contribution is 5.66. The molecular weight excluding hydrogens is 450 g/mol. The van der Waals surface area contributed by atoms with Gasteiger partial charge in [0.05, 0.1) is 11.9 Å². The highest BCUT2D eigenvalue weighted by atomic mass is 19.4. The number of aryl methyl sites for hydroxylation is 1. The van der Waals surface area contributed by atoms with E-state index in [1.54, 1.807) is 17.9 Å². The molecular formula is C23H25F4N7. The summed E-state index contributed by atoms with van der Waals surface area (Å²) in [6.45, 7) is 1.29. The lowest BCUT2D eigenvalue weighted by atomic mass is 10.0. The summed E-state index contributed by atoms with van der Waals surface area (Å²) < 4.78 is 55.7. The van der Waals surface area contributed by atoms with Gasteiger partial charge in [0.1, 0.15) is 22.9 Å². The standard InChI is InChI=1S/C23H25F4N7/c1-32(22-18(23(25,26)27)12-14(24)13-28-22)15-7-10-34(11-8-15)21-17-5-3-4-16(17)20(30-31-21)19-6-9-29-33(19)2/h6,9,12-13,15H,3-5,7-8,10-11H2,1-2H3. The number of aromatic nitrogens is 5. The number of rotatable bonds is 4. The van der Waals surface area contributed by atoms with Gasteiger partial charge in [0, 0.05) is 45.0 Å². The molecule has 1 saturated heterocycles. The van der Waals surface area contributed by atoms with E-state index in [1.807, 2.05) is 13.1 Å². The van der Waals surface area contributed by atoms with E-state index in [2.05, 4.69) is 25.2 Å². The summed E-state index contributed by atoms with van der Waals surface area (Å²) in [4.78, 5) is 7.48. The van der Waals surface area contributed by atoms with E-state index in [4.69, 9.17) is 0 Å². The van der Waals surface area contributed by atoms with Crippen LogP contribution in [-0.4, -0.2) is 51.1 Å². The number of pyridine rings is 1. The van der Waals surface area contributed by atoms with Crippen molar-refractivity contribution in [3.63, 3.8) is 0 Å². The van der Waals surface area contributed by atoms with Gasteiger partial charge in [-0.2, -0.15) is 18.3 Å². The first-order valence-corrected chi connectivity index (χ1v) is 11.3. The number of hydrogen-bond donors (Lipinski definition) is 0. The van der Waals surface area contributed by atoms with Crippen LogP contribution in [0.1, 0.15) is 36.0 Å². The molecule has 5 rings (SSSR count). The van der Waals surface area contributed by atoms with Crippen molar-refractivity contribution >= 4 is 11.6 Å². The first kappa shape index (κ1) is 22.5. The van der Waals surface area contributed by atoms with Crippen LogP contribution in [0.25, 0.3) is 11.4 Å². The monoisotopic (exact) mass is 475 g/mol. The minimum Gasteiger partial charge on any atom is -0.356 e. The van der Waals surface area contributed by atoms with Crippen LogP contribution in [0.3, 0.4) is 0 Å². The predicted octanol–water partition coefficient (Wildman–Crippen LogP) is 4.02. The number of fused-ring (bicyclic) bond motifs is 1. The molecule has 3 aromatic rings. The summed E-state index contributed by atoms with van der Waals surface area (Å²) in [5.41, 5.74) is 3.17. The first-order valence-electron chi connectivity index (χ1n) is 11.3. The highest BCUT2D eigenvalue weighted by Crippen LogP contribution is 2.38. The van der Waals surface area contributed by atoms with E-state index < -0.39 is 17.6 Å². The third-order valence-corrected chi connectivity index (χ3v) is 6.87. The fourth-order valence-corrected chi connectivity index (χ4v) is 5.10. The first-order chi connectivity index (χ1) is 16.2. The number of nitrogens with zero attached hydrogens (tertiary/aromatic N) is 7. The zero-order valence-electron chi connectivity index (χ0n) is 19.0. The molecule has 2 aliphatic rings. The Kier molecular flexibility index (Phi) is 5.65. The molecule has 0 N–H and O–H groups in total. The van der Waals surface area contributed by atoms with Crippen LogP contribution < -0.4 is 9.80 Å². The lowest BCUT2D eigenvalue weighted by molar-refractivity contribution is -0.137. The van der Waals surface area contributed by atoms with Crippen LogP contribution >= 0.6 is 0 Å². The maximum atomic E-state index is 13.5. The molecule has 0 saturated carbocycles. The minimum atomic E-state index is -4.68. The van der Waals surface area contributed by atoms with E-state index in [1.165, 1.54) is 16.0 Å². The van der Waals surface area contributed by atoms with Gasteiger partial charge < -0.3 is 9.80 Å². The SMILES string of the molecule is CN(c1ncc(F)cc1C(F)(F)F)C1CCN(c2nnc(-c3ccnn3C)c3c2CCC3)CC1. The minimum absolute atomic E-state index is 0.148. The van der Waals surface area contributed by atoms with Crippen LogP contribution in [0.15, 0.2) is 24.5 Å². The Morgan fingerprint density at radius 3 is 2.50 bits per heavy atom. The van der Waals surface area contributed by atoms with E-state index in [9.17, 15) is 17.6 Å². The third kappa shape index (κ3) is 3.97. The van der Waals surface area contributed by atoms with Gasteiger partial charge in [0.15, 0.2) is 5.82 Å². The molecule has 11 heteroatoms. The molecule has 0 spiro atoms. The number of halogens is 4. The van der Waals surface area contributed by atoms with Gasteiger partial charge >= 0.3 is 6.18 Å². The molecule has 0 aromatic carbocycles. The smallest absolute Gasteiger partial charge is 0.356 e.